The van der Waals surface area contributed by atoms with E-state index in [1.165, 1.54) is 6.42 Å². The van der Waals surface area contributed by atoms with Gasteiger partial charge in [0.25, 0.3) is 0 Å². The number of rotatable bonds is 3. The predicted molar refractivity (Wildman–Crippen MR) is 87.4 cm³/mol. The van der Waals surface area contributed by atoms with Gasteiger partial charge in [0, 0.05) is 30.7 Å². The summed E-state index contributed by atoms with van der Waals surface area (Å²) < 4.78 is 27.5. The van der Waals surface area contributed by atoms with Crippen molar-refractivity contribution in [2.45, 2.75) is 37.0 Å². The van der Waals surface area contributed by atoms with E-state index in [2.05, 4.69) is 5.32 Å². The standard InChI is InChI=1S/C16H21ClN2O2S/c17-13-5-2-1-4-12(13)14-11-19(9-8-18-14)22(20,21)15-10-16(15)6-3-7-16/h1-2,4-5,14-15,18H,3,6-11H2. The number of nitrogens with zero attached hydrogens (tertiary/aromatic N) is 1. The molecular formula is C16H21ClN2O2S. The van der Waals surface area contributed by atoms with Crippen molar-refractivity contribution in [2.75, 3.05) is 19.6 Å². The molecular weight excluding hydrogens is 320 g/mol. The summed E-state index contributed by atoms with van der Waals surface area (Å²) in [6.07, 6.45) is 4.25. The largest absolute Gasteiger partial charge is 0.307 e. The lowest BCUT2D eigenvalue weighted by atomic mass is 9.82. The zero-order valence-electron chi connectivity index (χ0n) is 12.5. The van der Waals surface area contributed by atoms with Crippen LogP contribution in [0, 0.1) is 5.41 Å². The molecule has 4 rings (SSSR count). The van der Waals surface area contributed by atoms with Gasteiger partial charge in [0.15, 0.2) is 0 Å². The third-order valence-corrected chi connectivity index (χ3v) is 8.38. The Morgan fingerprint density at radius 2 is 2.05 bits per heavy atom. The molecule has 2 saturated carbocycles. The fourth-order valence-corrected chi connectivity index (χ4v) is 6.73. The number of sulfonamides is 1. The summed E-state index contributed by atoms with van der Waals surface area (Å²) >= 11 is 6.26. The molecule has 1 saturated heterocycles. The summed E-state index contributed by atoms with van der Waals surface area (Å²) in [5, 5.41) is 3.97. The van der Waals surface area contributed by atoms with Crippen LogP contribution in [0.1, 0.15) is 37.3 Å². The average Bonchev–Trinajstić information content (AvgIpc) is 3.25. The fourth-order valence-electron chi connectivity index (χ4n) is 3.99. The molecule has 1 aliphatic heterocycles. The first-order valence-electron chi connectivity index (χ1n) is 8.00. The van der Waals surface area contributed by atoms with Crippen LogP contribution in [-0.4, -0.2) is 37.6 Å². The first-order valence-corrected chi connectivity index (χ1v) is 9.88. The monoisotopic (exact) mass is 340 g/mol. The molecule has 1 aromatic rings. The molecule has 1 heterocycles. The lowest BCUT2D eigenvalue weighted by Gasteiger charge is -2.35. The Morgan fingerprint density at radius 3 is 2.68 bits per heavy atom. The number of piperazine rings is 1. The Hall–Kier alpha value is -0.620. The van der Waals surface area contributed by atoms with Crippen molar-refractivity contribution in [1.82, 2.24) is 9.62 Å². The van der Waals surface area contributed by atoms with E-state index >= 15 is 0 Å². The molecule has 4 nitrogen and oxygen atoms in total. The molecule has 2 unspecified atom stereocenters. The van der Waals surface area contributed by atoms with Crippen molar-refractivity contribution in [3.8, 4) is 0 Å². The second-order valence-electron chi connectivity index (χ2n) is 6.84. The zero-order valence-corrected chi connectivity index (χ0v) is 14.0. The Morgan fingerprint density at radius 1 is 1.27 bits per heavy atom. The SMILES string of the molecule is O=S(=O)(C1CC12CCC2)N1CCNC(c2ccccc2Cl)C1. The molecule has 2 atom stereocenters. The highest BCUT2D eigenvalue weighted by atomic mass is 35.5. The summed E-state index contributed by atoms with van der Waals surface area (Å²) in [5.74, 6) is 0. The van der Waals surface area contributed by atoms with Gasteiger partial charge in [-0.15, -0.1) is 0 Å². The van der Waals surface area contributed by atoms with Crippen molar-refractivity contribution in [2.24, 2.45) is 5.41 Å². The van der Waals surface area contributed by atoms with Gasteiger partial charge in [0.2, 0.25) is 10.0 Å². The molecule has 0 aromatic heterocycles. The van der Waals surface area contributed by atoms with Gasteiger partial charge < -0.3 is 5.32 Å². The van der Waals surface area contributed by atoms with Crippen LogP contribution in [0.2, 0.25) is 5.02 Å². The van der Waals surface area contributed by atoms with Gasteiger partial charge in [-0.2, -0.15) is 4.31 Å². The Labute approximate surface area is 136 Å². The van der Waals surface area contributed by atoms with Crippen LogP contribution in [-0.2, 0) is 10.0 Å². The first-order chi connectivity index (χ1) is 10.5. The molecule has 0 radical (unpaired) electrons. The average molecular weight is 341 g/mol. The van der Waals surface area contributed by atoms with Gasteiger partial charge in [-0.3, -0.25) is 0 Å². The van der Waals surface area contributed by atoms with Crippen molar-refractivity contribution in [1.29, 1.82) is 0 Å². The van der Waals surface area contributed by atoms with Gasteiger partial charge >= 0.3 is 0 Å². The molecule has 120 valence electrons. The Balaban J connectivity index is 1.53. The van der Waals surface area contributed by atoms with Crippen LogP contribution in [0.25, 0.3) is 0 Å². The quantitative estimate of drug-likeness (QED) is 0.920. The third kappa shape index (κ3) is 2.30. The van der Waals surface area contributed by atoms with Crippen molar-refractivity contribution in [3.05, 3.63) is 34.9 Å². The maximum absolute atomic E-state index is 12.9. The summed E-state index contributed by atoms with van der Waals surface area (Å²) in [6, 6.07) is 7.65. The van der Waals surface area contributed by atoms with Crippen LogP contribution in [0.5, 0.6) is 0 Å². The van der Waals surface area contributed by atoms with Gasteiger partial charge in [0.05, 0.1) is 5.25 Å². The highest BCUT2D eigenvalue weighted by molar-refractivity contribution is 7.90. The van der Waals surface area contributed by atoms with E-state index in [-0.39, 0.29) is 16.7 Å². The summed E-state index contributed by atoms with van der Waals surface area (Å²) in [5.41, 5.74) is 1.13. The molecule has 2 aliphatic carbocycles. The smallest absolute Gasteiger partial charge is 0.217 e. The van der Waals surface area contributed by atoms with Crippen LogP contribution >= 0.6 is 11.6 Å². The van der Waals surface area contributed by atoms with E-state index < -0.39 is 10.0 Å². The molecule has 3 fully saturated rings. The Bertz CT molecular complexity index is 687. The molecule has 6 heteroatoms. The number of nitrogens with one attached hydrogen (secondary N) is 1. The summed E-state index contributed by atoms with van der Waals surface area (Å²) in [4.78, 5) is 0. The number of hydrogen-bond donors (Lipinski definition) is 1. The highest BCUT2D eigenvalue weighted by Gasteiger charge is 2.64. The fraction of sp³-hybridized carbons (Fsp3) is 0.625. The minimum Gasteiger partial charge on any atom is -0.307 e. The van der Waals surface area contributed by atoms with Crippen LogP contribution in [0.3, 0.4) is 0 Å². The second kappa shape index (κ2) is 5.20. The molecule has 22 heavy (non-hydrogen) atoms. The van der Waals surface area contributed by atoms with Crippen LogP contribution < -0.4 is 5.32 Å². The normalized spacial score (nSPS) is 31.0. The number of halogens is 1. The lowest BCUT2D eigenvalue weighted by Crippen LogP contribution is -2.50. The molecule has 0 amide bonds. The van der Waals surface area contributed by atoms with E-state index in [1.807, 2.05) is 24.3 Å². The minimum atomic E-state index is -3.16. The lowest BCUT2D eigenvalue weighted by molar-refractivity contribution is 0.275. The van der Waals surface area contributed by atoms with Crippen molar-refractivity contribution < 1.29 is 8.42 Å². The van der Waals surface area contributed by atoms with Crippen LogP contribution in [0.15, 0.2) is 24.3 Å². The predicted octanol–water partition coefficient (Wildman–Crippen LogP) is 2.56. The maximum atomic E-state index is 12.9. The maximum Gasteiger partial charge on any atom is 0.217 e. The van der Waals surface area contributed by atoms with E-state index in [0.717, 1.165) is 24.8 Å². The highest BCUT2D eigenvalue weighted by Crippen LogP contribution is 2.64. The van der Waals surface area contributed by atoms with Gasteiger partial charge in [-0.25, -0.2) is 8.42 Å². The van der Waals surface area contributed by atoms with E-state index in [4.69, 9.17) is 11.6 Å². The van der Waals surface area contributed by atoms with Gasteiger partial charge in [0.1, 0.15) is 0 Å². The minimum absolute atomic E-state index is 0.0201. The molecule has 1 spiro atoms. The first kappa shape index (κ1) is 14.9. The second-order valence-corrected chi connectivity index (χ2v) is 9.36. The summed E-state index contributed by atoms with van der Waals surface area (Å²) in [6.45, 7) is 1.73. The number of hydrogen-bond acceptors (Lipinski definition) is 3. The van der Waals surface area contributed by atoms with Gasteiger partial charge in [-0.05, 0) is 36.3 Å². The van der Waals surface area contributed by atoms with Crippen LogP contribution in [0.4, 0.5) is 0 Å². The molecule has 3 aliphatic rings. The zero-order chi connectivity index (χ0) is 15.4. The number of benzene rings is 1. The van der Waals surface area contributed by atoms with E-state index in [1.54, 1.807) is 4.31 Å². The van der Waals surface area contributed by atoms with Gasteiger partial charge in [-0.1, -0.05) is 36.2 Å². The summed E-state index contributed by atoms with van der Waals surface area (Å²) in [7, 11) is -3.16. The third-order valence-electron chi connectivity index (χ3n) is 5.60. The van der Waals surface area contributed by atoms with Crippen molar-refractivity contribution >= 4 is 21.6 Å². The van der Waals surface area contributed by atoms with E-state index in [0.29, 0.717) is 24.7 Å². The Kier molecular flexibility index (Phi) is 3.53. The molecule has 1 aromatic carbocycles. The van der Waals surface area contributed by atoms with Crippen molar-refractivity contribution in [3.63, 3.8) is 0 Å². The molecule has 1 N–H and O–H groups in total. The van der Waals surface area contributed by atoms with E-state index in [9.17, 15) is 8.42 Å². The molecule has 0 bridgehead atoms. The topological polar surface area (TPSA) is 49.4 Å².